The molecule has 7 nitrogen and oxygen atoms in total. The first-order valence-electron chi connectivity index (χ1n) is 9.52. The summed E-state index contributed by atoms with van der Waals surface area (Å²) in [5, 5.41) is 11.9. The Balaban J connectivity index is 0.00000240. The number of pyridine rings is 1. The second kappa shape index (κ2) is 9.15. The van der Waals surface area contributed by atoms with Crippen molar-refractivity contribution in [2.45, 2.75) is 26.3 Å². The molecule has 3 aromatic rings. The number of carbonyl (C=O) groups excluding carboxylic acids is 1. The van der Waals surface area contributed by atoms with Crippen LogP contribution in [0.25, 0.3) is 5.69 Å². The Hall–Kier alpha value is -2.77. The van der Waals surface area contributed by atoms with Gasteiger partial charge in [-0.05, 0) is 37.6 Å². The van der Waals surface area contributed by atoms with Gasteiger partial charge in [-0.3, -0.25) is 9.78 Å². The lowest BCUT2D eigenvalue weighted by molar-refractivity contribution is -0.133. The molecule has 1 saturated heterocycles. The molecule has 1 amide bonds. The molecule has 1 aliphatic heterocycles. The van der Waals surface area contributed by atoms with Gasteiger partial charge in [0.15, 0.2) is 0 Å². The lowest BCUT2D eigenvalue weighted by Gasteiger charge is -2.36. The van der Waals surface area contributed by atoms with E-state index in [9.17, 15) is 4.79 Å². The maximum atomic E-state index is 13.1. The molecule has 4 rings (SSSR count). The molecule has 29 heavy (non-hydrogen) atoms. The van der Waals surface area contributed by atoms with Crippen molar-refractivity contribution in [3.05, 3.63) is 71.3 Å². The van der Waals surface area contributed by atoms with E-state index < -0.39 is 0 Å². The van der Waals surface area contributed by atoms with E-state index in [-0.39, 0.29) is 30.8 Å². The predicted molar refractivity (Wildman–Crippen MR) is 113 cm³/mol. The first-order chi connectivity index (χ1) is 13.6. The summed E-state index contributed by atoms with van der Waals surface area (Å²) < 4.78 is 1.79. The smallest absolute Gasteiger partial charge is 0.229 e. The van der Waals surface area contributed by atoms with Crippen LogP contribution in [0.15, 0.2) is 48.8 Å². The number of nitrogens with zero attached hydrogens (tertiary/aromatic N) is 5. The number of benzene rings is 1. The number of amides is 1. The maximum absolute atomic E-state index is 13.1. The van der Waals surface area contributed by atoms with E-state index in [1.165, 1.54) is 5.56 Å². The average molecular weight is 413 g/mol. The number of aryl methyl sites for hydroxylation is 1. The Kier molecular flexibility index (Phi) is 6.61. The number of rotatable bonds is 4. The lowest BCUT2D eigenvalue weighted by atomic mass is 10.0. The van der Waals surface area contributed by atoms with Crippen molar-refractivity contribution in [3.8, 4) is 5.69 Å². The Morgan fingerprint density at radius 2 is 2.00 bits per heavy atom. The van der Waals surface area contributed by atoms with Crippen molar-refractivity contribution < 1.29 is 4.79 Å². The van der Waals surface area contributed by atoms with Crippen LogP contribution in [-0.2, 0) is 11.2 Å². The van der Waals surface area contributed by atoms with Gasteiger partial charge in [0.25, 0.3) is 0 Å². The average Bonchev–Trinajstić information content (AvgIpc) is 3.09. The Bertz CT molecular complexity index is 957. The molecule has 0 aliphatic carbocycles. The lowest BCUT2D eigenvalue weighted by Crippen LogP contribution is -2.49. The number of hydrogen-bond acceptors (Lipinski definition) is 5. The molecule has 1 N–H and O–H groups in total. The standard InChI is InChI=1S/C21H24N6O.ClH/c1-15-5-7-18(8-6-15)27-16(2)19(24-25-27)12-21(28)26-11-10-23-14-20(26)17-4-3-9-22-13-17;/h3-9,13,20,23H,10-12,14H2,1-2H3;1H. The van der Waals surface area contributed by atoms with Crippen molar-refractivity contribution in [3.63, 3.8) is 0 Å². The van der Waals surface area contributed by atoms with Gasteiger partial charge < -0.3 is 10.2 Å². The van der Waals surface area contributed by atoms with Gasteiger partial charge in [-0.1, -0.05) is 29.0 Å². The molecule has 0 radical (unpaired) electrons. The summed E-state index contributed by atoms with van der Waals surface area (Å²) in [6.45, 7) is 6.20. The second-order valence-corrected chi connectivity index (χ2v) is 7.14. The highest BCUT2D eigenvalue weighted by atomic mass is 35.5. The van der Waals surface area contributed by atoms with Crippen LogP contribution in [0.1, 0.15) is 28.6 Å². The van der Waals surface area contributed by atoms with Crippen molar-refractivity contribution in [1.29, 1.82) is 0 Å². The van der Waals surface area contributed by atoms with Crippen molar-refractivity contribution in [1.82, 2.24) is 30.2 Å². The van der Waals surface area contributed by atoms with E-state index in [0.717, 1.165) is 30.0 Å². The van der Waals surface area contributed by atoms with Crippen LogP contribution in [0.3, 0.4) is 0 Å². The minimum atomic E-state index is -0.0117. The number of halogens is 1. The molecule has 0 saturated carbocycles. The predicted octanol–water partition coefficient (Wildman–Crippen LogP) is 2.42. The summed E-state index contributed by atoms with van der Waals surface area (Å²) in [4.78, 5) is 19.2. The zero-order valence-electron chi connectivity index (χ0n) is 16.6. The van der Waals surface area contributed by atoms with Crippen LogP contribution in [-0.4, -0.2) is 50.4 Å². The third kappa shape index (κ3) is 4.46. The van der Waals surface area contributed by atoms with Gasteiger partial charge in [0, 0.05) is 32.0 Å². The maximum Gasteiger partial charge on any atom is 0.229 e. The van der Waals surface area contributed by atoms with Crippen LogP contribution in [0.5, 0.6) is 0 Å². The summed E-state index contributed by atoms with van der Waals surface area (Å²) in [7, 11) is 0. The van der Waals surface area contributed by atoms with Crippen LogP contribution < -0.4 is 5.32 Å². The first-order valence-corrected chi connectivity index (χ1v) is 9.52. The zero-order chi connectivity index (χ0) is 19.5. The first kappa shape index (κ1) is 21.0. The summed E-state index contributed by atoms with van der Waals surface area (Å²) in [5.41, 5.74) is 4.80. The summed E-state index contributed by atoms with van der Waals surface area (Å²) in [5.74, 6) is 0.0643. The molecular weight excluding hydrogens is 388 g/mol. The highest BCUT2D eigenvalue weighted by Gasteiger charge is 2.29. The molecule has 152 valence electrons. The van der Waals surface area contributed by atoms with Crippen molar-refractivity contribution in [2.75, 3.05) is 19.6 Å². The van der Waals surface area contributed by atoms with Crippen LogP contribution in [0, 0.1) is 13.8 Å². The molecule has 1 fully saturated rings. The molecule has 8 heteroatoms. The second-order valence-electron chi connectivity index (χ2n) is 7.14. The topological polar surface area (TPSA) is 75.9 Å². The fourth-order valence-corrected chi connectivity index (χ4v) is 3.57. The quantitative estimate of drug-likeness (QED) is 0.712. The van der Waals surface area contributed by atoms with Crippen LogP contribution >= 0.6 is 12.4 Å². The highest BCUT2D eigenvalue weighted by molar-refractivity contribution is 5.85. The molecule has 1 aliphatic rings. The number of nitrogens with one attached hydrogen (secondary N) is 1. The molecule has 1 atom stereocenters. The fourth-order valence-electron chi connectivity index (χ4n) is 3.57. The zero-order valence-corrected chi connectivity index (χ0v) is 17.4. The molecule has 3 heterocycles. The number of carbonyl (C=O) groups is 1. The SMILES string of the molecule is Cc1ccc(-n2nnc(CC(=O)N3CCNCC3c3cccnc3)c2C)cc1.Cl. The van der Waals surface area contributed by atoms with Crippen LogP contribution in [0.2, 0.25) is 0 Å². The summed E-state index contributed by atoms with van der Waals surface area (Å²) in [6.07, 6.45) is 3.82. The van der Waals surface area contributed by atoms with E-state index >= 15 is 0 Å². The number of piperazine rings is 1. The fraction of sp³-hybridized carbons (Fsp3) is 0.333. The molecule has 0 bridgehead atoms. The van der Waals surface area contributed by atoms with Gasteiger partial charge in [-0.15, -0.1) is 17.5 Å². The number of hydrogen-bond donors (Lipinski definition) is 1. The van der Waals surface area contributed by atoms with E-state index in [1.54, 1.807) is 10.9 Å². The van der Waals surface area contributed by atoms with Gasteiger partial charge in [-0.2, -0.15) is 0 Å². The largest absolute Gasteiger partial charge is 0.333 e. The van der Waals surface area contributed by atoms with E-state index in [4.69, 9.17) is 0 Å². The molecule has 0 spiro atoms. The highest BCUT2D eigenvalue weighted by Crippen LogP contribution is 2.23. The monoisotopic (exact) mass is 412 g/mol. The Labute approximate surface area is 176 Å². The third-order valence-electron chi connectivity index (χ3n) is 5.22. The van der Waals surface area contributed by atoms with E-state index in [0.29, 0.717) is 12.2 Å². The minimum absolute atomic E-state index is 0. The normalized spacial score (nSPS) is 16.3. The van der Waals surface area contributed by atoms with Gasteiger partial charge in [0.05, 0.1) is 29.5 Å². The van der Waals surface area contributed by atoms with Gasteiger partial charge >= 0.3 is 0 Å². The third-order valence-corrected chi connectivity index (χ3v) is 5.22. The Morgan fingerprint density at radius 1 is 1.21 bits per heavy atom. The Morgan fingerprint density at radius 3 is 2.72 bits per heavy atom. The summed E-state index contributed by atoms with van der Waals surface area (Å²) >= 11 is 0. The number of aromatic nitrogens is 4. The summed E-state index contributed by atoms with van der Waals surface area (Å²) in [6, 6.07) is 12.0. The van der Waals surface area contributed by atoms with E-state index in [1.807, 2.05) is 61.3 Å². The van der Waals surface area contributed by atoms with Gasteiger partial charge in [-0.25, -0.2) is 4.68 Å². The van der Waals surface area contributed by atoms with E-state index in [2.05, 4.69) is 20.6 Å². The van der Waals surface area contributed by atoms with Crippen molar-refractivity contribution >= 4 is 18.3 Å². The minimum Gasteiger partial charge on any atom is -0.333 e. The molecule has 2 aromatic heterocycles. The van der Waals surface area contributed by atoms with Gasteiger partial charge in [0.2, 0.25) is 5.91 Å². The van der Waals surface area contributed by atoms with Gasteiger partial charge in [0.1, 0.15) is 0 Å². The molecular formula is C21H25ClN6O. The molecule has 1 unspecified atom stereocenters. The molecule has 1 aromatic carbocycles. The van der Waals surface area contributed by atoms with Crippen LogP contribution in [0.4, 0.5) is 0 Å². The van der Waals surface area contributed by atoms with Crippen molar-refractivity contribution in [2.24, 2.45) is 0 Å².